The molecule has 1 saturated heterocycles. The Morgan fingerprint density at radius 1 is 1.26 bits per heavy atom. The van der Waals surface area contributed by atoms with Gasteiger partial charge in [-0.15, -0.1) is 0 Å². The number of pyridine rings is 1. The predicted octanol–water partition coefficient (Wildman–Crippen LogP) is 2.40. The van der Waals surface area contributed by atoms with Crippen LogP contribution in [0.3, 0.4) is 0 Å². The maximum absolute atomic E-state index is 12.5. The minimum absolute atomic E-state index is 0.146. The quantitative estimate of drug-likeness (QED) is 0.822. The number of rotatable bonds is 6. The van der Waals surface area contributed by atoms with Crippen molar-refractivity contribution < 1.29 is 4.79 Å². The fourth-order valence-corrected chi connectivity index (χ4v) is 4.33. The lowest BCUT2D eigenvalue weighted by Crippen LogP contribution is -2.47. The number of piperidine rings is 1. The van der Waals surface area contributed by atoms with Crippen LogP contribution in [0.1, 0.15) is 54.7 Å². The molecule has 2 aliphatic rings. The second-order valence-corrected chi connectivity index (χ2v) is 7.80. The van der Waals surface area contributed by atoms with Gasteiger partial charge in [-0.25, -0.2) is 0 Å². The van der Waals surface area contributed by atoms with Crippen molar-refractivity contribution in [1.82, 2.24) is 25.4 Å². The normalized spacial score (nSPS) is 20.2. The Morgan fingerprint density at radius 3 is 3.07 bits per heavy atom. The van der Waals surface area contributed by atoms with E-state index in [0.29, 0.717) is 6.42 Å². The van der Waals surface area contributed by atoms with Crippen LogP contribution < -0.4 is 5.32 Å². The SMILES string of the molecule is O=C(CCc1n[nH]c2c1CCCC2)NC1CCCN(Cc2ccccn2)C1. The third-order valence-corrected chi connectivity index (χ3v) is 5.71. The Labute approximate surface area is 160 Å². The number of H-pyrrole nitrogens is 1. The molecule has 1 amide bonds. The predicted molar refractivity (Wildman–Crippen MR) is 104 cm³/mol. The number of nitrogens with zero attached hydrogens (tertiary/aromatic N) is 3. The molecule has 2 aromatic heterocycles. The number of aryl methyl sites for hydroxylation is 2. The fourth-order valence-electron chi connectivity index (χ4n) is 4.33. The first kappa shape index (κ1) is 18.2. The highest BCUT2D eigenvalue weighted by Gasteiger charge is 2.22. The molecule has 4 rings (SSSR count). The molecule has 0 aromatic carbocycles. The number of hydrogen-bond donors (Lipinski definition) is 2. The zero-order valence-electron chi connectivity index (χ0n) is 15.9. The van der Waals surface area contributed by atoms with E-state index in [4.69, 9.17) is 0 Å². The molecule has 0 spiro atoms. The smallest absolute Gasteiger partial charge is 0.220 e. The van der Waals surface area contributed by atoms with E-state index in [1.807, 2.05) is 18.3 Å². The highest BCUT2D eigenvalue weighted by molar-refractivity contribution is 5.76. The van der Waals surface area contributed by atoms with Crippen molar-refractivity contribution in [3.8, 4) is 0 Å². The number of hydrogen-bond acceptors (Lipinski definition) is 4. The van der Waals surface area contributed by atoms with E-state index < -0.39 is 0 Å². The lowest BCUT2D eigenvalue weighted by Gasteiger charge is -2.32. The molecule has 0 radical (unpaired) electrons. The largest absolute Gasteiger partial charge is 0.352 e. The number of aromatic nitrogens is 3. The van der Waals surface area contributed by atoms with Crippen LogP contribution in [0.25, 0.3) is 0 Å². The average molecular weight is 367 g/mol. The lowest BCUT2D eigenvalue weighted by atomic mass is 9.94. The van der Waals surface area contributed by atoms with Gasteiger partial charge in [-0.2, -0.15) is 5.10 Å². The Morgan fingerprint density at radius 2 is 2.19 bits per heavy atom. The van der Waals surface area contributed by atoms with Crippen molar-refractivity contribution in [1.29, 1.82) is 0 Å². The van der Waals surface area contributed by atoms with E-state index in [2.05, 4.69) is 31.5 Å². The molecule has 144 valence electrons. The van der Waals surface area contributed by atoms with Crippen LogP contribution in [0.15, 0.2) is 24.4 Å². The Balaban J connectivity index is 1.25. The Hall–Kier alpha value is -2.21. The molecule has 27 heavy (non-hydrogen) atoms. The summed E-state index contributed by atoms with van der Waals surface area (Å²) in [6.45, 7) is 2.83. The van der Waals surface area contributed by atoms with Crippen molar-refractivity contribution in [3.63, 3.8) is 0 Å². The zero-order chi connectivity index (χ0) is 18.5. The van der Waals surface area contributed by atoms with Crippen molar-refractivity contribution >= 4 is 5.91 Å². The van der Waals surface area contributed by atoms with Crippen molar-refractivity contribution in [2.24, 2.45) is 0 Å². The summed E-state index contributed by atoms with van der Waals surface area (Å²) < 4.78 is 0. The number of carbonyl (C=O) groups is 1. The van der Waals surface area contributed by atoms with Crippen LogP contribution in [0, 0.1) is 0 Å². The molecule has 6 nitrogen and oxygen atoms in total. The number of carbonyl (C=O) groups excluding carboxylic acids is 1. The van der Waals surface area contributed by atoms with Gasteiger partial charge in [0.2, 0.25) is 5.91 Å². The van der Waals surface area contributed by atoms with E-state index >= 15 is 0 Å². The van der Waals surface area contributed by atoms with Gasteiger partial charge in [0.05, 0.1) is 11.4 Å². The molecule has 2 aromatic rings. The summed E-state index contributed by atoms with van der Waals surface area (Å²) >= 11 is 0. The number of aromatic amines is 1. The van der Waals surface area contributed by atoms with E-state index in [-0.39, 0.29) is 11.9 Å². The van der Waals surface area contributed by atoms with Gasteiger partial charge in [0.25, 0.3) is 0 Å². The summed E-state index contributed by atoms with van der Waals surface area (Å²) in [5, 5.41) is 10.9. The third-order valence-electron chi connectivity index (χ3n) is 5.71. The average Bonchev–Trinajstić information content (AvgIpc) is 3.11. The highest BCUT2D eigenvalue weighted by atomic mass is 16.1. The number of amides is 1. The zero-order valence-corrected chi connectivity index (χ0v) is 15.9. The molecule has 2 N–H and O–H groups in total. The minimum atomic E-state index is 0.146. The number of nitrogens with one attached hydrogen (secondary N) is 2. The molecule has 0 saturated carbocycles. The van der Waals surface area contributed by atoms with E-state index in [1.165, 1.54) is 24.1 Å². The summed E-state index contributed by atoms with van der Waals surface area (Å²) in [5.41, 5.74) is 4.84. The molecule has 1 unspecified atom stereocenters. The molecular weight excluding hydrogens is 338 g/mol. The first-order valence-electron chi connectivity index (χ1n) is 10.2. The summed E-state index contributed by atoms with van der Waals surface area (Å²) in [7, 11) is 0. The minimum Gasteiger partial charge on any atom is -0.352 e. The monoisotopic (exact) mass is 367 g/mol. The van der Waals surface area contributed by atoms with Crippen LogP contribution in [-0.2, 0) is 30.6 Å². The summed E-state index contributed by atoms with van der Waals surface area (Å²) in [4.78, 5) is 19.3. The van der Waals surface area contributed by atoms with Crippen LogP contribution in [0.2, 0.25) is 0 Å². The topological polar surface area (TPSA) is 73.9 Å². The van der Waals surface area contributed by atoms with Gasteiger partial charge in [-0.3, -0.25) is 19.8 Å². The van der Waals surface area contributed by atoms with Gasteiger partial charge in [0.1, 0.15) is 0 Å². The molecule has 1 atom stereocenters. The van der Waals surface area contributed by atoms with Gasteiger partial charge in [0.15, 0.2) is 0 Å². The number of likely N-dealkylation sites (tertiary alicyclic amines) is 1. The summed E-state index contributed by atoms with van der Waals surface area (Å²) in [6, 6.07) is 6.27. The van der Waals surface area contributed by atoms with Gasteiger partial charge >= 0.3 is 0 Å². The maximum Gasteiger partial charge on any atom is 0.220 e. The summed E-state index contributed by atoms with van der Waals surface area (Å²) in [5.74, 6) is 0.146. The molecule has 3 heterocycles. The molecule has 1 aliphatic heterocycles. The van der Waals surface area contributed by atoms with Crippen LogP contribution >= 0.6 is 0 Å². The molecule has 0 bridgehead atoms. The number of fused-ring (bicyclic) bond motifs is 1. The first-order chi connectivity index (χ1) is 13.3. The maximum atomic E-state index is 12.5. The summed E-state index contributed by atoms with van der Waals surface area (Å²) in [6.07, 6.45) is 9.96. The van der Waals surface area contributed by atoms with E-state index in [0.717, 1.165) is 63.1 Å². The molecular formula is C21H29N5O. The fraction of sp³-hybridized carbons (Fsp3) is 0.571. The lowest BCUT2D eigenvalue weighted by molar-refractivity contribution is -0.122. The van der Waals surface area contributed by atoms with E-state index in [1.54, 1.807) is 0 Å². The van der Waals surface area contributed by atoms with Gasteiger partial charge in [0, 0.05) is 43.9 Å². The van der Waals surface area contributed by atoms with Gasteiger partial charge < -0.3 is 5.32 Å². The molecule has 6 heteroatoms. The third kappa shape index (κ3) is 4.75. The molecule has 1 fully saturated rings. The molecule has 1 aliphatic carbocycles. The van der Waals surface area contributed by atoms with Crippen LogP contribution in [0.5, 0.6) is 0 Å². The Bertz CT molecular complexity index is 757. The standard InChI is InChI=1S/C21H29N5O/c27-21(11-10-20-18-8-1-2-9-19(18)24-25-20)23-17-7-5-13-26(15-17)14-16-6-3-4-12-22-16/h3-4,6,12,17H,1-2,5,7-11,13-15H2,(H,23,27)(H,24,25). The Kier molecular flexibility index (Phi) is 5.82. The second-order valence-electron chi connectivity index (χ2n) is 7.80. The second kappa shape index (κ2) is 8.65. The van der Waals surface area contributed by atoms with Crippen molar-refractivity contribution in [2.75, 3.05) is 13.1 Å². The highest BCUT2D eigenvalue weighted by Crippen LogP contribution is 2.23. The first-order valence-corrected chi connectivity index (χ1v) is 10.2. The van der Waals surface area contributed by atoms with Crippen LogP contribution in [0.4, 0.5) is 0 Å². The van der Waals surface area contributed by atoms with Gasteiger partial charge in [-0.05, 0) is 62.8 Å². The van der Waals surface area contributed by atoms with Crippen LogP contribution in [-0.4, -0.2) is 45.1 Å². The van der Waals surface area contributed by atoms with Gasteiger partial charge in [-0.1, -0.05) is 6.07 Å². The van der Waals surface area contributed by atoms with E-state index in [9.17, 15) is 4.79 Å². The van der Waals surface area contributed by atoms with Crippen molar-refractivity contribution in [3.05, 3.63) is 47.0 Å². The van der Waals surface area contributed by atoms with Crippen molar-refractivity contribution in [2.45, 2.75) is 64.0 Å².